The van der Waals surface area contributed by atoms with Crippen molar-refractivity contribution < 1.29 is 4.74 Å². The van der Waals surface area contributed by atoms with Gasteiger partial charge in [0.15, 0.2) is 0 Å². The van der Waals surface area contributed by atoms with Crippen LogP contribution < -0.4 is 10.5 Å². The third-order valence-electron chi connectivity index (χ3n) is 1.67. The standard InChI is InChI=1S/C10H8IN3O/c11-7-1-3-9(4-2-7)15-10-13-5-8(12)6-14-10/h1-6H,12H2. The van der Waals surface area contributed by atoms with Gasteiger partial charge < -0.3 is 10.5 Å². The van der Waals surface area contributed by atoms with E-state index in [-0.39, 0.29) is 0 Å². The maximum Gasteiger partial charge on any atom is 0.322 e. The third-order valence-corrected chi connectivity index (χ3v) is 2.39. The summed E-state index contributed by atoms with van der Waals surface area (Å²) in [5.41, 5.74) is 5.98. The highest BCUT2D eigenvalue weighted by molar-refractivity contribution is 14.1. The molecule has 76 valence electrons. The van der Waals surface area contributed by atoms with E-state index in [4.69, 9.17) is 10.5 Å². The first-order valence-corrected chi connectivity index (χ1v) is 5.33. The Morgan fingerprint density at radius 2 is 1.67 bits per heavy atom. The van der Waals surface area contributed by atoms with E-state index in [0.29, 0.717) is 17.4 Å². The van der Waals surface area contributed by atoms with Crippen LogP contribution in [0.2, 0.25) is 0 Å². The molecule has 0 unspecified atom stereocenters. The van der Waals surface area contributed by atoms with Gasteiger partial charge in [-0.25, -0.2) is 9.97 Å². The van der Waals surface area contributed by atoms with E-state index in [1.807, 2.05) is 24.3 Å². The molecule has 2 rings (SSSR count). The van der Waals surface area contributed by atoms with Gasteiger partial charge in [0.2, 0.25) is 0 Å². The van der Waals surface area contributed by atoms with Crippen LogP contribution >= 0.6 is 22.6 Å². The fraction of sp³-hybridized carbons (Fsp3) is 0. The summed E-state index contributed by atoms with van der Waals surface area (Å²) in [6, 6.07) is 7.93. The zero-order valence-electron chi connectivity index (χ0n) is 7.72. The molecule has 0 spiro atoms. The number of nitrogens with zero attached hydrogens (tertiary/aromatic N) is 2. The first-order chi connectivity index (χ1) is 7.24. The molecule has 0 aliphatic rings. The molecule has 2 N–H and O–H groups in total. The Hall–Kier alpha value is -1.37. The van der Waals surface area contributed by atoms with Gasteiger partial charge in [0.1, 0.15) is 5.75 Å². The molecule has 0 aliphatic carbocycles. The predicted octanol–water partition coefficient (Wildman–Crippen LogP) is 2.46. The van der Waals surface area contributed by atoms with Crippen molar-refractivity contribution in [2.24, 2.45) is 0 Å². The van der Waals surface area contributed by atoms with E-state index in [9.17, 15) is 0 Å². The van der Waals surface area contributed by atoms with Gasteiger partial charge in [0.05, 0.1) is 18.1 Å². The molecule has 0 saturated carbocycles. The summed E-state index contributed by atoms with van der Waals surface area (Å²) in [7, 11) is 0. The van der Waals surface area contributed by atoms with E-state index in [0.717, 1.165) is 3.57 Å². The summed E-state index contributed by atoms with van der Waals surface area (Å²) in [4.78, 5) is 7.87. The molecule has 5 heteroatoms. The highest BCUT2D eigenvalue weighted by atomic mass is 127. The number of benzene rings is 1. The fourth-order valence-corrected chi connectivity index (χ4v) is 1.35. The number of hydrogen-bond acceptors (Lipinski definition) is 4. The zero-order valence-corrected chi connectivity index (χ0v) is 9.88. The molecular formula is C10H8IN3O. The number of halogens is 1. The smallest absolute Gasteiger partial charge is 0.322 e. The fourth-order valence-electron chi connectivity index (χ4n) is 0.987. The van der Waals surface area contributed by atoms with Crippen molar-refractivity contribution in [2.45, 2.75) is 0 Å². The second kappa shape index (κ2) is 4.43. The lowest BCUT2D eigenvalue weighted by Gasteiger charge is -2.02. The lowest BCUT2D eigenvalue weighted by atomic mass is 10.3. The third kappa shape index (κ3) is 2.79. The number of rotatable bonds is 2. The summed E-state index contributed by atoms with van der Waals surface area (Å²) >= 11 is 2.23. The molecule has 1 aromatic heterocycles. The largest absolute Gasteiger partial charge is 0.424 e. The van der Waals surface area contributed by atoms with Gasteiger partial charge in [-0.3, -0.25) is 0 Å². The van der Waals surface area contributed by atoms with Crippen LogP contribution in [0.15, 0.2) is 36.7 Å². The van der Waals surface area contributed by atoms with Gasteiger partial charge >= 0.3 is 6.01 Å². The number of nitrogens with two attached hydrogens (primary N) is 1. The summed E-state index contributed by atoms with van der Waals surface area (Å²) in [5.74, 6) is 0.709. The predicted molar refractivity (Wildman–Crippen MR) is 65.7 cm³/mol. The van der Waals surface area contributed by atoms with Gasteiger partial charge in [-0.05, 0) is 46.9 Å². The summed E-state index contributed by atoms with van der Waals surface area (Å²) in [5, 5.41) is 0. The monoisotopic (exact) mass is 313 g/mol. The highest BCUT2D eigenvalue weighted by Crippen LogP contribution is 2.18. The number of anilines is 1. The summed E-state index contributed by atoms with van der Waals surface area (Å²) < 4.78 is 6.56. The topological polar surface area (TPSA) is 61.0 Å². The lowest BCUT2D eigenvalue weighted by molar-refractivity contribution is 0.442. The first-order valence-electron chi connectivity index (χ1n) is 4.25. The molecule has 1 aromatic carbocycles. The van der Waals surface area contributed by atoms with Crippen LogP contribution in [0, 0.1) is 3.57 Å². The second-order valence-electron chi connectivity index (χ2n) is 2.85. The normalized spacial score (nSPS) is 9.93. The maximum atomic E-state index is 5.46. The average molecular weight is 313 g/mol. The van der Waals surface area contributed by atoms with E-state index < -0.39 is 0 Å². The van der Waals surface area contributed by atoms with Gasteiger partial charge in [0.25, 0.3) is 0 Å². The molecule has 0 saturated heterocycles. The minimum absolute atomic E-state index is 0.297. The van der Waals surface area contributed by atoms with Crippen LogP contribution in [-0.2, 0) is 0 Å². The van der Waals surface area contributed by atoms with Gasteiger partial charge in [-0.1, -0.05) is 0 Å². The van der Waals surface area contributed by atoms with Crippen LogP contribution in [0.25, 0.3) is 0 Å². The number of ether oxygens (including phenoxy) is 1. The number of nitrogen functional groups attached to an aromatic ring is 1. The highest BCUT2D eigenvalue weighted by Gasteiger charge is 1.99. The number of aromatic nitrogens is 2. The van der Waals surface area contributed by atoms with Gasteiger partial charge in [0, 0.05) is 3.57 Å². The Kier molecular flexibility index (Phi) is 3.00. The summed E-state index contributed by atoms with van der Waals surface area (Å²) in [6.07, 6.45) is 3.02. The van der Waals surface area contributed by atoms with Crippen LogP contribution in [0.1, 0.15) is 0 Å². The van der Waals surface area contributed by atoms with Gasteiger partial charge in [-0.15, -0.1) is 0 Å². The van der Waals surface area contributed by atoms with Crippen molar-refractivity contribution in [2.75, 3.05) is 5.73 Å². The first kappa shape index (κ1) is 10.2. The molecule has 0 fully saturated rings. The lowest BCUT2D eigenvalue weighted by Crippen LogP contribution is -1.93. The molecule has 0 amide bonds. The van der Waals surface area contributed by atoms with E-state index in [2.05, 4.69) is 32.6 Å². The molecule has 0 atom stereocenters. The second-order valence-corrected chi connectivity index (χ2v) is 4.10. The molecule has 0 radical (unpaired) electrons. The molecular weight excluding hydrogens is 305 g/mol. The van der Waals surface area contributed by atoms with Crippen LogP contribution in [0.3, 0.4) is 0 Å². The van der Waals surface area contributed by atoms with E-state index in [1.54, 1.807) is 0 Å². The molecule has 4 nitrogen and oxygen atoms in total. The Morgan fingerprint density at radius 1 is 1.07 bits per heavy atom. The van der Waals surface area contributed by atoms with E-state index in [1.165, 1.54) is 12.4 Å². The molecule has 2 aromatic rings. The van der Waals surface area contributed by atoms with Crippen molar-refractivity contribution >= 4 is 28.3 Å². The summed E-state index contributed by atoms with van der Waals surface area (Å²) in [6.45, 7) is 0. The molecule has 1 heterocycles. The Balaban J connectivity index is 2.15. The quantitative estimate of drug-likeness (QED) is 0.865. The Labute approximate surface area is 101 Å². The minimum Gasteiger partial charge on any atom is -0.424 e. The van der Waals surface area contributed by atoms with Crippen molar-refractivity contribution in [3.63, 3.8) is 0 Å². The Morgan fingerprint density at radius 3 is 2.27 bits per heavy atom. The minimum atomic E-state index is 0.297. The number of hydrogen-bond donors (Lipinski definition) is 1. The van der Waals surface area contributed by atoms with Crippen LogP contribution in [-0.4, -0.2) is 9.97 Å². The Bertz CT molecular complexity index is 398. The van der Waals surface area contributed by atoms with Crippen LogP contribution in [0.4, 0.5) is 5.69 Å². The van der Waals surface area contributed by atoms with Crippen molar-refractivity contribution in [3.05, 3.63) is 40.2 Å². The van der Waals surface area contributed by atoms with E-state index >= 15 is 0 Å². The molecule has 0 aliphatic heterocycles. The van der Waals surface area contributed by atoms with Crippen molar-refractivity contribution in [1.82, 2.24) is 9.97 Å². The maximum absolute atomic E-state index is 5.46. The van der Waals surface area contributed by atoms with Crippen molar-refractivity contribution in [3.8, 4) is 11.8 Å². The molecule has 0 bridgehead atoms. The average Bonchev–Trinajstić information content (AvgIpc) is 2.25. The molecule has 15 heavy (non-hydrogen) atoms. The zero-order chi connectivity index (χ0) is 10.7. The van der Waals surface area contributed by atoms with Crippen molar-refractivity contribution in [1.29, 1.82) is 0 Å². The van der Waals surface area contributed by atoms with Gasteiger partial charge in [-0.2, -0.15) is 0 Å². The van der Waals surface area contributed by atoms with Crippen LogP contribution in [0.5, 0.6) is 11.8 Å². The SMILES string of the molecule is Nc1cnc(Oc2ccc(I)cc2)nc1.